The number of fused-ring (bicyclic) bond motifs is 1. The van der Waals surface area contributed by atoms with E-state index in [4.69, 9.17) is 9.47 Å². The first-order chi connectivity index (χ1) is 12.2. The molecule has 0 bridgehead atoms. The van der Waals surface area contributed by atoms with Crippen LogP contribution in [0.15, 0.2) is 54.6 Å². The molecule has 3 rings (SSSR count). The Hall–Kier alpha value is -2.82. The van der Waals surface area contributed by atoms with Crippen LogP contribution in [0.25, 0.3) is 6.08 Å². The molecule has 1 heterocycles. The second-order valence-electron chi connectivity index (χ2n) is 5.76. The van der Waals surface area contributed by atoms with Crippen molar-refractivity contribution < 1.29 is 18.7 Å². The summed E-state index contributed by atoms with van der Waals surface area (Å²) >= 11 is 0. The zero-order valence-electron chi connectivity index (χ0n) is 14.0. The highest BCUT2D eigenvalue weighted by Crippen LogP contribution is 2.31. The number of para-hydroxylation sites is 2. The van der Waals surface area contributed by atoms with Gasteiger partial charge in [-0.3, -0.25) is 4.79 Å². The number of nitrogens with zero attached hydrogens (tertiary/aromatic N) is 1. The summed E-state index contributed by atoms with van der Waals surface area (Å²) in [5.74, 6) is 1.01. The third-order valence-corrected chi connectivity index (χ3v) is 3.97. The molecule has 0 spiro atoms. The molecule has 0 fully saturated rings. The normalized spacial score (nSPS) is 16.0. The Bertz CT molecular complexity index is 758. The number of amides is 1. The lowest BCUT2D eigenvalue weighted by Gasteiger charge is -2.30. The molecule has 25 heavy (non-hydrogen) atoms. The molecule has 0 radical (unpaired) electrons. The topological polar surface area (TPSA) is 38.8 Å². The van der Waals surface area contributed by atoms with E-state index in [1.807, 2.05) is 31.2 Å². The predicted molar refractivity (Wildman–Crippen MR) is 94.0 cm³/mol. The Morgan fingerprint density at radius 1 is 1.20 bits per heavy atom. The van der Waals surface area contributed by atoms with Gasteiger partial charge in [-0.1, -0.05) is 24.3 Å². The van der Waals surface area contributed by atoms with Crippen molar-refractivity contribution in [2.24, 2.45) is 0 Å². The number of carbonyl (C=O) groups excluding carboxylic acids is 1. The fourth-order valence-corrected chi connectivity index (χ4v) is 2.62. The van der Waals surface area contributed by atoms with Gasteiger partial charge in [0.25, 0.3) is 0 Å². The van der Waals surface area contributed by atoms with E-state index >= 15 is 0 Å². The summed E-state index contributed by atoms with van der Waals surface area (Å²) in [7, 11) is 0. The second-order valence-corrected chi connectivity index (χ2v) is 5.76. The van der Waals surface area contributed by atoms with Gasteiger partial charge in [-0.05, 0) is 42.8 Å². The molecule has 1 unspecified atom stereocenters. The monoisotopic (exact) mass is 341 g/mol. The molecule has 0 saturated heterocycles. The molecule has 0 N–H and O–H groups in total. The third-order valence-electron chi connectivity index (χ3n) is 3.97. The van der Waals surface area contributed by atoms with E-state index in [-0.39, 0.29) is 17.8 Å². The Morgan fingerprint density at radius 3 is 2.64 bits per heavy atom. The number of hydrogen-bond acceptors (Lipinski definition) is 3. The number of benzene rings is 2. The fraction of sp³-hybridized carbons (Fsp3) is 0.250. The Morgan fingerprint density at radius 2 is 1.92 bits per heavy atom. The average molecular weight is 341 g/mol. The summed E-state index contributed by atoms with van der Waals surface area (Å²) in [6.45, 7) is 3.33. The van der Waals surface area contributed by atoms with Crippen LogP contribution in [-0.2, 0) is 4.79 Å². The van der Waals surface area contributed by atoms with Gasteiger partial charge in [0.2, 0.25) is 5.91 Å². The van der Waals surface area contributed by atoms with Crippen molar-refractivity contribution in [1.29, 1.82) is 0 Å². The molecule has 4 nitrogen and oxygen atoms in total. The van der Waals surface area contributed by atoms with Crippen LogP contribution in [-0.4, -0.2) is 36.6 Å². The van der Waals surface area contributed by atoms with E-state index < -0.39 is 0 Å². The lowest BCUT2D eigenvalue weighted by atomic mass is 10.2. The van der Waals surface area contributed by atoms with Gasteiger partial charge >= 0.3 is 0 Å². The van der Waals surface area contributed by atoms with Gasteiger partial charge in [-0.2, -0.15) is 0 Å². The number of rotatable bonds is 5. The molecular weight excluding hydrogens is 321 g/mol. The number of carbonyl (C=O) groups is 1. The smallest absolute Gasteiger partial charge is 0.246 e. The average Bonchev–Trinajstić information content (AvgIpc) is 2.65. The molecule has 0 aromatic heterocycles. The molecular formula is C20H20FNO3. The summed E-state index contributed by atoms with van der Waals surface area (Å²) in [6, 6.07) is 13.5. The second kappa shape index (κ2) is 7.83. The first kappa shape index (κ1) is 17.0. The van der Waals surface area contributed by atoms with Crippen LogP contribution in [0.5, 0.6) is 11.5 Å². The molecule has 2 aromatic rings. The van der Waals surface area contributed by atoms with Gasteiger partial charge in [0.15, 0.2) is 17.6 Å². The number of hydrogen-bond donors (Lipinski definition) is 0. The van der Waals surface area contributed by atoms with Crippen LogP contribution in [0.4, 0.5) is 4.39 Å². The highest BCUT2D eigenvalue weighted by Gasteiger charge is 2.23. The summed E-state index contributed by atoms with van der Waals surface area (Å²) in [5, 5.41) is 0. The molecule has 1 aliphatic rings. The highest BCUT2D eigenvalue weighted by molar-refractivity contribution is 5.91. The summed E-state index contributed by atoms with van der Waals surface area (Å²) in [4.78, 5) is 14.1. The number of likely N-dealkylation sites (N-methyl/N-ethyl adjacent to an activating group) is 1. The van der Waals surface area contributed by atoms with Crippen LogP contribution in [0.3, 0.4) is 0 Å². The van der Waals surface area contributed by atoms with E-state index in [1.165, 1.54) is 18.2 Å². The van der Waals surface area contributed by atoms with Crippen molar-refractivity contribution >= 4 is 12.0 Å². The number of ether oxygens (including phenoxy) is 2. The minimum absolute atomic E-state index is 0.116. The van der Waals surface area contributed by atoms with Crippen LogP contribution in [0.2, 0.25) is 0 Å². The first-order valence-corrected chi connectivity index (χ1v) is 8.26. The maximum atomic E-state index is 12.9. The molecule has 1 aliphatic heterocycles. The molecule has 0 aliphatic carbocycles. The van der Waals surface area contributed by atoms with Crippen molar-refractivity contribution in [3.63, 3.8) is 0 Å². The highest BCUT2D eigenvalue weighted by atomic mass is 19.1. The van der Waals surface area contributed by atoms with E-state index in [1.54, 1.807) is 23.1 Å². The van der Waals surface area contributed by atoms with Crippen molar-refractivity contribution in [2.45, 2.75) is 13.0 Å². The maximum absolute atomic E-state index is 12.9. The van der Waals surface area contributed by atoms with Gasteiger partial charge in [0, 0.05) is 12.6 Å². The van der Waals surface area contributed by atoms with Gasteiger partial charge < -0.3 is 14.4 Å². The summed E-state index contributed by atoms with van der Waals surface area (Å²) in [6.07, 6.45) is 2.96. The molecule has 5 heteroatoms. The van der Waals surface area contributed by atoms with Gasteiger partial charge in [0.1, 0.15) is 12.4 Å². The van der Waals surface area contributed by atoms with Crippen molar-refractivity contribution in [3.8, 4) is 11.5 Å². The zero-order valence-corrected chi connectivity index (χ0v) is 14.0. The standard InChI is InChI=1S/C20H20FNO3/c1-2-22(20(23)12-9-15-7-10-16(21)11-8-15)13-17-14-24-18-5-3-4-6-19(18)25-17/h3-12,17H,2,13-14H2,1H3/b12-9+. The summed E-state index contributed by atoms with van der Waals surface area (Å²) < 4.78 is 24.5. The molecule has 2 aromatic carbocycles. The van der Waals surface area contributed by atoms with Crippen molar-refractivity contribution in [3.05, 3.63) is 66.0 Å². The van der Waals surface area contributed by atoms with E-state index in [2.05, 4.69) is 0 Å². The first-order valence-electron chi connectivity index (χ1n) is 8.26. The van der Waals surface area contributed by atoms with Crippen LogP contribution >= 0.6 is 0 Å². The third kappa shape index (κ3) is 4.38. The minimum Gasteiger partial charge on any atom is -0.486 e. The van der Waals surface area contributed by atoms with Gasteiger partial charge in [-0.25, -0.2) is 4.39 Å². The van der Waals surface area contributed by atoms with Crippen LogP contribution < -0.4 is 9.47 Å². The van der Waals surface area contributed by atoms with E-state index in [0.717, 1.165) is 11.3 Å². The molecule has 1 amide bonds. The van der Waals surface area contributed by atoms with Crippen LogP contribution in [0, 0.1) is 5.82 Å². The Balaban J connectivity index is 1.60. The van der Waals surface area contributed by atoms with Crippen molar-refractivity contribution in [1.82, 2.24) is 4.90 Å². The largest absolute Gasteiger partial charge is 0.486 e. The van der Waals surface area contributed by atoms with Gasteiger partial charge in [0.05, 0.1) is 6.54 Å². The fourth-order valence-electron chi connectivity index (χ4n) is 2.62. The lowest BCUT2D eigenvalue weighted by molar-refractivity contribution is -0.127. The predicted octanol–water partition coefficient (Wildman–Crippen LogP) is 3.53. The van der Waals surface area contributed by atoms with Gasteiger partial charge in [-0.15, -0.1) is 0 Å². The minimum atomic E-state index is -0.298. The van der Waals surface area contributed by atoms with E-state index in [0.29, 0.717) is 25.4 Å². The van der Waals surface area contributed by atoms with Crippen LogP contribution in [0.1, 0.15) is 12.5 Å². The quantitative estimate of drug-likeness (QED) is 0.781. The van der Waals surface area contributed by atoms with Crippen molar-refractivity contribution in [2.75, 3.05) is 19.7 Å². The molecule has 1 atom stereocenters. The maximum Gasteiger partial charge on any atom is 0.246 e. The zero-order chi connectivity index (χ0) is 17.6. The SMILES string of the molecule is CCN(CC1COc2ccccc2O1)C(=O)/C=C/c1ccc(F)cc1. The van der Waals surface area contributed by atoms with E-state index in [9.17, 15) is 9.18 Å². The molecule has 130 valence electrons. The number of halogens is 1. The molecule has 0 saturated carbocycles. The Labute approximate surface area is 146 Å². The summed E-state index contributed by atoms with van der Waals surface area (Å²) in [5.41, 5.74) is 0.775. The lowest BCUT2D eigenvalue weighted by Crippen LogP contribution is -2.43. The Kier molecular flexibility index (Phi) is 5.33.